The van der Waals surface area contributed by atoms with Crippen LogP contribution in [0.1, 0.15) is 23.9 Å². The lowest BCUT2D eigenvalue weighted by Gasteiger charge is -2.13. The number of halogens is 1. The van der Waals surface area contributed by atoms with Gasteiger partial charge in [-0.2, -0.15) is 0 Å². The van der Waals surface area contributed by atoms with Gasteiger partial charge >= 0.3 is 0 Å². The van der Waals surface area contributed by atoms with Gasteiger partial charge in [0.2, 0.25) is 5.91 Å². The molecule has 1 atom stereocenters. The molecule has 2 N–H and O–H groups in total. The maximum atomic E-state index is 13.1. The lowest BCUT2D eigenvalue weighted by molar-refractivity contribution is -0.116. The number of anilines is 1. The zero-order chi connectivity index (χ0) is 17.6. The Morgan fingerprint density at radius 2 is 2.00 bits per heavy atom. The summed E-state index contributed by atoms with van der Waals surface area (Å²) in [7, 11) is 0. The zero-order valence-corrected chi connectivity index (χ0v) is 13.5. The predicted octanol–water partition coefficient (Wildman–Crippen LogP) is 3.13. The Hall–Kier alpha value is -2.99. The van der Waals surface area contributed by atoms with Crippen molar-refractivity contribution in [1.29, 1.82) is 0 Å². The summed E-state index contributed by atoms with van der Waals surface area (Å²) in [6.45, 7) is 0.361. The van der Waals surface area contributed by atoms with Gasteiger partial charge < -0.3 is 15.0 Å². The molecule has 0 aliphatic heterocycles. The zero-order valence-electron chi connectivity index (χ0n) is 13.5. The summed E-state index contributed by atoms with van der Waals surface area (Å²) in [4.78, 5) is 16.2. The Labute approximate surface area is 144 Å². The third-order valence-corrected chi connectivity index (χ3v) is 3.80. The molecule has 2 aromatic carbocycles. The number of carbonyl (C=O) groups excluding carboxylic acids is 1. The Kier molecular flexibility index (Phi) is 5.20. The topological polar surface area (TPSA) is 67.2 Å². The van der Waals surface area contributed by atoms with Crippen LogP contribution in [0.4, 0.5) is 10.1 Å². The van der Waals surface area contributed by atoms with E-state index in [0.29, 0.717) is 18.1 Å². The quantitative estimate of drug-likeness (QED) is 0.725. The fraction of sp³-hybridized carbons (Fsp3) is 0.158. The minimum atomic E-state index is -0.859. The van der Waals surface area contributed by atoms with Crippen LogP contribution in [0.3, 0.4) is 0 Å². The Balaban J connectivity index is 1.62. The highest BCUT2D eigenvalue weighted by atomic mass is 19.1. The van der Waals surface area contributed by atoms with Crippen molar-refractivity contribution in [3.63, 3.8) is 0 Å². The second-order valence-corrected chi connectivity index (χ2v) is 5.60. The molecule has 1 heterocycles. The highest BCUT2D eigenvalue weighted by molar-refractivity contribution is 5.90. The maximum absolute atomic E-state index is 13.1. The van der Waals surface area contributed by atoms with E-state index in [4.69, 9.17) is 0 Å². The lowest BCUT2D eigenvalue weighted by Crippen LogP contribution is -2.16. The molecule has 0 saturated heterocycles. The van der Waals surface area contributed by atoms with Gasteiger partial charge in [0.1, 0.15) is 17.7 Å². The molecule has 1 amide bonds. The number of nitrogens with one attached hydrogen (secondary N) is 1. The van der Waals surface area contributed by atoms with E-state index in [9.17, 15) is 14.3 Å². The first-order valence-electron chi connectivity index (χ1n) is 7.93. The second-order valence-electron chi connectivity index (χ2n) is 5.60. The van der Waals surface area contributed by atoms with Crippen LogP contribution >= 0.6 is 0 Å². The van der Waals surface area contributed by atoms with Gasteiger partial charge in [-0.3, -0.25) is 4.79 Å². The van der Waals surface area contributed by atoms with Crippen molar-refractivity contribution < 1.29 is 14.3 Å². The van der Waals surface area contributed by atoms with E-state index < -0.39 is 11.9 Å². The van der Waals surface area contributed by atoms with Crippen molar-refractivity contribution in [2.75, 3.05) is 5.32 Å². The minimum absolute atomic E-state index is 0.182. The van der Waals surface area contributed by atoms with Gasteiger partial charge in [-0.25, -0.2) is 9.37 Å². The average molecular weight is 339 g/mol. The van der Waals surface area contributed by atoms with E-state index in [1.165, 1.54) is 18.2 Å². The van der Waals surface area contributed by atoms with Crippen LogP contribution in [0.15, 0.2) is 67.0 Å². The van der Waals surface area contributed by atoms with E-state index in [1.54, 1.807) is 23.0 Å². The van der Waals surface area contributed by atoms with Crippen LogP contribution in [0.25, 0.3) is 0 Å². The molecule has 6 heteroatoms. The van der Waals surface area contributed by atoms with Crippen LogP contribution in [0, 0.1) is 5.82 Å². The molecule has 25 heavy (non-hydrogen) atoms. The molecule has 0 unspecified atom stereocenters. The maximum Gasteiger partial charge on any atom is 0.226 e. The summed E-state index contributed by atoms with van der Waals surface area (Å²) in [5.41, 5.74) is 1.15. The largest absolute Gasteiger partial charge is 0.380 e. The number of benzene rings is 2. The summed E-state index contributed by atoms with van der Waals surface area (Å²) in [6, 6.07) is 15.0. The van der Waals surface area contributed by atoms with Crippen molar-refractivity contribution in [1.82, 2.24) is 9.55 Å². The fourth-order valence-corrected chi connectivity index (χ4v) is 2.55. The number of nitrogens with zero attached hydrogens (tertiary/aromatic N) is 2. The third-order valence-electron chi connectivity index (χ3n) is 3.80. The van der Waals surface area contributed by atoms with Crippen LogP contribution in [-0.4, -0.2) is 20.6 Å². The first-order chi connectivity index (χ1) is 12.1. The van der Waals surface area contributed by atoms with Crippen molar-refractivity contribution in [2.45, 2.75) is 19.1 Å². The highest BCUT2D eigenvalue weighted by Gasteiger charge is 2.16. The number of hydrogen-bond donors (Lipinski definition) is 2. The number of aromatic nitrogens is 2. The Morgan fingerprint density at radius 1 is 1.20 bits per heavy atom. The number of carbonyl (C=O) groups is 1. The number of amides is 1. The van der Waals surface area contributed by atoms with E-state index in [1.807, 2.05) is 30.3 Å². The monoisotopic (exact) mass is 339 g/mol. The molecule has 5 nitrogen and oxygen atoms in total. The van der Waals surface area contributed by atoms with Gasteiger partial charge in [0.15, 0.2) is 0 Å². The summed E-state index contributed by atoms with van der Waals surface area (Å²) >= 11 is 0. The summed E-state index contributed by atoms with van der Waals surface area (Å²) < 4.78 is 14.9. The molecule has 0 saturated carbocycles. The van der Waals surface area contributed by atoms with Gasteiger partial charge in [-0.15, -0.1) is 0 Å². The lowest BCUT2D eigenvalue weighted by atomic mass is 10.1. The number of imidazole rings is 1. The number of aliphatic hydroxyl groups excluding tert-OH is 1. The normalized spacial score (nSPS) is 11.9. The number of rotatable bonds is 6. The summed E-state index contributed by atoms with van der Waals surface area (Å²) in [5.74, 6) is -0.162. The Morgan fingerprint density at radius 3 is 2.76 bits per heavy atom. The molecule has 1 aromatic heterocycles. The molecule has 3 rings (SSSR count). The van der Waals surface area contributed by atoms with Crippen LogP contribution in [-0.2, 0) is 11.3 Å². The van der Waals surface area contributed by atoms with Crippen LogP contribution in [0.2, 0.25) is 0 Å². The predicted molar refractivity (Wildman–Crippen MR) is 92.4 cm³/mol. The van der Waals surface area contributed by atoms with Gasteiger partial charge in [-0.1, -0.05) is 36.4 Å². The fourth-order valence-electron chi connectivity index (χ4n) is 2.55. The number of hydrogen-bond acceptors (Lipinski definition) is 3. The summed E-state index contributed by atoms with van der Waals surface area (Å²) in [6.07, 6.45) is 2.63. The molecule has 0 fully saturated rings. The molecular formula is C19H18FN3O2. The first kappa shape index (κ1) is 16.9. The summed E-state index contributed by atoms with van der Waals surface area (Å²) in [5, 5.41) is 13.1. The molecule has 0 aliphatic carbocycles. The molecule has 0 bridgehead atoms. The molecule has 0 aliphatic rings. The minimum Gasteiger partial charge on any atom is -0.380 e. The first-order valence-corrected chi connectivity index (χ1v) is 7.93. The smallest absolute Gasteiger partial charge is 0.226 e. The van der Waals surface area contributed by atoms with Crippen molar-refractivity contribution >= 4 is 11.6 Å². The van der Waals surface area contributed by atoms with E-state index in [0.717, 1.165) is 5.56 Å². The second kappa shape index (κ2) is 7.72. The number of aliphatic hydroxyl groups is 1. The van der Waals surface area contributed by atoms with Gasteiger partial charge in [0, 0.05) is 31.0 Å². The Bertz CT molecular complexity index is 849. The van der Waals surface area contributed by atoms with E-state index in [-0.39, 0.29) is 12.3 Å². The van der Waals surface area contributed by atoms with E-state index in [2.05, 4.69) is 10.3 Å². The van der Waals surface area contributed by atoms with Gasteiger partial charge in [-0.05, 0) is 23.8 Å². The van der Waals surface area contributed by atoms with Gasteiger partial charge in [0.25, 0.3) is 0 Å². The number of aryl methyl sites for hydroxylation is 1. The van der Waals surface area contributed by atoms with Crippen LogP contribution in [0.5, 0.6) is 0 Å². The van der Waals surface area contributed by atoms with Crippen molar-refractivity contribution in [3.8, 4) is 0 Å². The molecule has 3 aromatic rings. The highest BCUT2D eigenvalue weighted by Crippen LogP contribution is 2.20. The molecular weight excluding hydrogens is 321 g/mol. The van der Waals surface area contributed by atoms with Crippen molar-refractivity contribution in [3.05, 3.63) is 84.2 Å². The SMILES string of the molecule is O=C(CCn1ccnc1[C@@H](O)c1ccccc1)Nc1cccc(F)c1. The molecule has 0 spiro atoms. The van der Waals surface area contributed by atoms with E-state index >= 15 is 0 Å². The molecule has 128 valence electrons. The standard InChI is InChI=1S/C19H18FN3O2/c20-15-7-4-8-16(13-15)22-17(24)9-11-23-12-10-21-19(23)18(25)14-5-2-1-3-6-14/h1-8,10,12-13,18,25H,9,11H2,(H,22,24)/t18-/m0/s1. The van der Waals surface area contributed by atoms with Crippen LogP contribution < -0.4 is 5.32 Å². The van der Waals surface area contributed by atoms with Gasteiger partial charge in [0.05, 0.1) is 0 Å². The third kappa shape index (κ3) is 4.30. The molecule has 0 radical (unpaired) electrons. The average Bonchev–Trinajstić information content (AvgIpc) is 3.08. The van der Waals surface area contributed by atoms with Crippen molar-refractivity contribution in [2.24, 2.45) is 0 Å².